The summed E-state index contributed by atoms with van der Waals surface area (Å²) in [6.07, 6.45) is 1.08. The van der Waals surface area contributed by atoms with Crippen molar-refractivity contribution in [3.05, 3.63) is 64.2 Å². The van der Waals surface area contributed by atoms with Crippen molar-refractivity contribution in [1.82, 2.24) is 10.2 Å². The lowest BCUT2D eigenvalue weighted by molar-refractivity contribution is -0.143. The van der Waals surface area contributed by atoms with Crippen molar-refractivity contribution in [2.75, 3.05) is 11.9 Å². The summed E-state index contributed by atoms with van der Waals surface area (Å²) in [5, 5.41) is 6.23. The van der Waals surface area contributed by atoms with Gasteiger partial charge in [-0.1, -0.05) is 56.6 Å². The molecule has 1 aliphatic heterocycles. The lowest BCUT2D eigenvalue weighted by atomic mass is 9.88. The van der Waals surface area contributed by atoms with Gasteiger partial charge in [-0.3, -0.25) is 19.2 Å². The van der Waals surface area contributed by atoms with E-state index < -0.39 is 23.9 Å². The standard InChI is InChI=1S/C30H39ClN4O4/c1-19-15-22(9-11-24(19)31)33-28(38)25(13-14-32)34-29(39)26-16-20-7-5-6-8-21(20)18-35(26)27(37)12-10-23(36)17-30(2,3)4/h5-9,11,15,25-26H,10,12-14,16-18,32H2,1-4H3,(H,33,38)(H,34,39)/t25-,26-/m0/s1. The van der Waals surface area contributed by atoms with Crippen molar-refractivity contribution in [1.29, 1.82) is 0 Å². The fraction of sp³-hybridized carbons (Fsp3) is 0.467. The monoisotopic (exact) mass is 554 g/mol. The van der Waals surface area contributed by atoms with Crippen molar-refractivity contribution in [2.45, 2.75) is 78.4 Å². The van der Waals surface area contributed by atoms with Crippen LogP contribution in [0.15, 0.2) is 42.5 Å². The number of halogens is 1. The average molecular weight is 555 g/mol. The van der Waals surface area contributed by atoms with Gasteiger partial charge in [0.05, 0.1) is 0 Å². The largest absolute Gasteiger partial charge is 0.342 e. The topological polar surface area (TPSA) is 122 Å². The predicted octanol–water partition coefficient (Wildman–Crippen LogP) is 4.16. The second-order valence-electron chi connectivity index (χ2n) is 11.4. The number of anilines is 1. The second kappa shape index (κ2) is 13.2. The van der Waals surface area contributed by atoms with E-state index >= 15 is 0 Å². The Morgan fingerprint density at radius 3 is 2.41 bits per heavy atom. The van der Waals surface area contributed by atoms with Gasteiger partial charge < -0.3 is 21.3 Å². The molecule has 3 amide bonds. The van der Waals surface area contributed by atoms with Gasteiger partial charge >= 0.3 is 0 Å². The number of amides is 3. The minimum Gasteiger partial charge on any atom is -0.342 e. The van der Waals surface area contributed by atoms with Gasteiger partial charge in [-0.05, 0) is 60.2 Å². The van der Waals surface area contributed by atoms with E-state index in [0.717, 1.165) is 16.7 Å². The molecule has 0 bridgehead atoms. The second-order valence-corrected chi connectivity index (χ2v) is 11.8. The molecule has 210 valence electrons. The Balaban J connectivity index is 1.75. The lowest BCUT2D eigenvalue weighted by Crippen LogP contribution is -2.56. The number of hydrogen-bond acceptors (Lipinski definition) is 5. The summed E-state index contributed by atoms with van der Waals surface area (Å²) in [6.45, 7) is 8.23. The van der Waals surface area contributed by atoms with Gasteiger partial charge in [0.15, 0.2) is 0 Å². The van der Waals surface area contributed by atoms with Crippen LogP contribution < -0.4 is 16.4 Å². The highest BCUT2D eigenvalue weighted by Gasteiger charge is 2.36. The van der Waals surface area contributed by atoms with Crippen molar-refractivity contribution >= 4 is 40.8 Å². The van der Waals surface area contributed by atoms with E-state index in [1.165, 1.54) is 4.90 Å². The third-order valence-electron chi connectivity index (χ3n) is 6.73. The maximum Gasteiger partial charge on any atom is 0.246 e. The Bertz CT molecular complexity index is 1220. The maximum absolute atomic E-state index is 13.6. The number of carbonyl (C=O) groups is 4. The number of ketones is 1. The number of Topliss-reactive ketones (excluding diaryl/α,β-unsaturated/α-hetero) is 1. The quantitative estimate of drug-likeness (QED) is 0.407. The minimum atomic E-state index is -0.888. The minimum absolute atomic E-state index is 0.0198. The van der Waals surface area contributed by atoms with Crippen LogP contribution in [0.1, 0.15) is 63.1 Å². The Kier molecular flexibility index (Phi) is 10.3. The smallest absolute Gasteiger partial charge is 0.246 e. The molecule has 0 fully saturated rings. The van der Waals surface area contributed by atoms with Crippen LogP contribution in [0.4, 0.5) is 5.69 Å². The molecule has 1 aliphatic rings. The summed E-state index contributed by atoms with van der Waals surface area (Å²) in [7, 11) is 0. The maximum atomic E-state index is 13.6. The van der Waals surface area contributed by atoms with Crippen LogP contribution in [-0.2, 0) is 32.1 Å². The summed E-state index contributed by atoms with van der Waals surface area (Å²) in [5.41, 5.74) is 8.91. The van der Waals surface area contributed by atoms with Crippen molar-refractivity contribution < 1.29 is 19.2 Å². The van der Waals surface area contributed by atoms with Gasteiger partial charge in [0.25, 0.3) is 0 Å². The number of nitrogens with one attached hydrogen (secondary N) is 2. The van der Waals surface area contributed by atoms with Crippen LogP contribution in [0, 0.1) is 12.3 Å². The van der Waals surface area contributed by atoms with Gasteiger partial charge in [-0.2, -0.15) is 0 Å². The summed E-state index contributed by atoms with van der Waals surface area (Å²) < 4.78 is 0. The molecule has 2 atom stereocenters. The van der Waals surface area contributed by atoms with Crippen LogP contribution in [0.3, 0.4) is 0 Å². The van der Waals surface area contributed by atoms with Crippen LogP contribution in [0.2, 0.25) is 5.02 Å². The molecule has 39 heavy (non-hydrogen) atoms. The number of fused-ring (bicyclic) bond motifs is 1. The fourth-order valence-corrected chi connectivity index (χ4v) is 4.86. The van der Waals surface area contributed by atoms with Gasteiger partial charge in [0.2, 0.25) is 17.7 Å². The summed E-state index contributed by atoms with van der Waals surface area (Å²) >= 11 is 6.09. The number of carbonyl (C=O) groups excluding carboxylic acids is 4. The van der Waals surface area contributed by atoms with Gasteiger partial charge in [-0.15, -0.1) is 0 Å². The fourth-order valence-electron chi connectivity index (χ4n) is 4.74. The zero-order chi connectivity index (χ0) is 28.7. The molecule has 0 aromatic heterocycles. The molecule has 9 heteroatoms. The Morgan fingerprint density at radius 1 is 1.08 bits per heavy atom. The zero-order valence-electron chi connectivity index (χ0n) is 23.2. The van der Waals surface area contributed by atoms with E-state index in [4.69, 9.17) is 17.3 Å². The molecule has 0 spiro atoms. The summed E-state index contributed by atoms with van der Waals surface area (Å²) in [4.78, 5) is 53.9. The van der Waals surface area contributed by atoms with Crippen LogP contribution in [0.25, 0.3) is 0 Å². The molecule has 0 unspecified atom stereocenters. The molecule has 3 rings (SSSR count). The van der Waals surface area contributed by atoms with Crippen LogP contribution in [0.5, 0.6) is 0 Å². The Hall–Kier alpha value is -3.23. The highest BCUT2D eigenvalue weighted by molar-refractivity contribution is 6.31. The average Bonchev–Trinajstić information content (AvgIpc) is 2.87. The van der Waals surface area contributed by atoms with Crippen molar-refractivity contribution in [3.63, 3.8) is 0 Å². The van der Waals surface area contributed by atoms with Crippen molar-refractivity contribution in [3.8, 4) is 0 Å². The van der Waals surface area contributed by atoms with E-state index in [0.29, 0.717) is 23.6 Å². The molecule has 8 nitrogen and oxygen atoms in total. The first-order valence-corrected chi connectivity index (χ1v) is 13.7. The molecule has 1 heterocycles. The van der Waals surface area contributed by atoms with E-state index in [-0.39, 0.29) is 49.5 Å². The molecule has 0 saturated carbocycles. The molecule has 4 N–H and O–H groups in total. The van der Waals surface area contributed by atoms with Gasteiger partial charge in [0.1, 0.15) is 17.9 Å². The van der Waals surface area contributed by atoms with E-state index in [1.54, 1.807) is 18.2 Å². The first-order chi connectivity index (χ1) is 18.4. The third kappa shape index (κ3) is 8.63. The van der Waals surface area contributed by atoms with Crippen LogP contribution >= 0.6 is 11.6 Å². The van der Waals surface area contributed by atoms with E-state index in [9.17, 15) is 19.2 Å². The SMILES string of the molecule is Cc1cc(NC(=O)[C@H](CCN)NC(=O)[C@@H]2Cc3ccccc3CN2C(=O)CCC(=O)CC(C)(C)C)ccc1Cl. The van der Waals surface area contributed by atoms with Gasteiger partial charge in [-0.25, -0.2) is 0 Å². The van der Waals surface area contributed by atoms with E-state index in [2.05, 4.69) is 10.6 Å². The lowest BCUT2D eigenvalue weighted by Gasteiger charge is -2.37. The van der Waals surface area contributed by atoms with Crippen LogP contribution in [-0.4, -0.2) is 47.0 Å². The number of benzene rings is 2. The third-order valence-corrected chi connectivity index (χ3v) is 7.15. The van der Waals surface area contributed by atoms with Gasteiger partial charge in [0, 0.05) is 42.9 Å². The van der Waals surface area contributed by atoms with Crippen molar-refractivity contribution in [2.24, 2.45) is 11.1 Å². The first-order valence-electron chi connectivity index (χ1n) is 13.3. The summed E-state index contributed by atoms with van der Waals surface area (Å²) in [5.74, 6) is -1.08. The number of nitrogens with zero attached hydrogens (tertiary/aromatic N) is 1. The Morgan fingerprint density at radius 2 is 1.77 bits per heavy atom. The van der Waals surface area contributed by atoms with E-state index in [1.807, 2.05) is 52.0 Å². The molecule has 0 aliphatic carbocycles. The molecule has 0 saturated heterocycles. The predicted molar refractivity (Wildman–Crippen MR) is 153 cm³/mol. The number of nitrogens with two attached hydrogens (primary N) is 1. The number of aryl methyl sites for hydroxylation is 1. The zero-order valence-corrected chi connectivity index (χ0v) is 23.9. The molecule has 0 radical (unpaired) electrons. The first kappa shape index (κ1) is 30.3. The number of hydrogen-bond donors (Lipinski definition) is 3. The highest BCUT2D eigenvalue weighted by Crippen LogP contribution is 2.26. The molecule has 2 aromatic rings. The molecule has 2 aromatic carbocycles. The molecular weight excluding hydrogens is 516 g/mol. The number of rotatable bonds is 10. The summed E-state index contributed by atoms with van der Waals surface area (Å²) in [6, 6.07) is 11.1. The highest BCUT2D eigenvalue weighted by atomic mass is 35.5. The molecular formula is C30H39ClN4O4. The Labute approximate surface area is 235 Å². The normalized spacial score (nSPS) is 15.7.